The Morgan fingerprint density at radius 3 is 2.82 bits per heavy atom. The Labute approximate surface area is 132 Å². The molecule has 5 unspecified atom stereocenters. The number of ether oxygens (including phenoxy) is 2. The first kappa shape index (κ1) is 16.0. The zero-order valence-electron chi connectivity index (χ0n) is 13.6. The van der Waals surface area contributed by atoms with Crippen molar-refractivity contribution in [1.29, 1.82) is 0 Å². The largest absolute Gasteiger partial charge is 0.390 e. The number of aliphatic hydroxyl groups is 1. The summed E-state index contributed by atoms with van der Waals surface area (Å²) in [7, 11) is 2.03. The Balaban J connectivity index is 1.71. The predicted molar refractivity (Wildman–Crippen MR) is 83.4 cm³/mol. The minimum Gasteiger partial charge on any atom is -0.390 e. The average Bonchev–Trinajstić information content (AvgIpc) is 3.11. The molecule has 0 aromatic carbocycles. The first-order chi connectivity index (χ1) is 10.7. The number of hydrogen-bond acceptors (Lipinski definition) is 5. The van der Waals surface area contributed by atoms with Gasteiger partial charge in [0.05, 0.1) is 24.8 Å². The van der Waals surface area contributed by atoms with Gasteiger partial charge in [-0.3, -0.25) is 4.90 Å². The fourth-order valence-corrected chi connectivity index (χ4v) is 3.59. The van der Waals surface area contributed by atoms with Gasteiger partial charge in [0.25, 0.3) is 0 Å². The third kappa shape index (κ3) is 2.81. The molecule has 1 aromatic heterocycles. The van der Waals surface area contributed by atoms with Gasteiger partial charge in [-0.05, 0) is 25.2 Å². The Morgan fingerprint density at radius 2 is 2.18 bits per heavy atom. The molecule has 2 saturated heterocycles. The molecule has 5 atom stereocenters. The van der Waals surface area contributed by atoms with Gasteiger partial charge >= 0.3 is 0 Å². The van der Waals surface area contributed by atoms with Crippen molar-refractivity contribution >= 4 is 0 Å². The highest BCUT2D eigenvalue weighted by Crippen LogP contribution is 2.31. The first-order valence-corrected chi connectivity index (χ1v) is 8.18. The minimum atomic E-state index is -0.494. The Morgan fingerprint density at radius 1 is 1.41 bits per heavy atom. The van der Waals surface area contributed by atoms with E-state index in [4.69, 9.17) is 9.47 Å². The average molecular weight is 309 g/mol. The lowest BCUT2D eigenvalue weighted by atomic mass is 9.94. The zero-order valence-corrected chi connectivity index (χ0v) is 13.6. The summed E-state index contributed by atoms with van der Waals surface area (Å²) in [6, 6.07) is 3.89. The highest BCUT2D eigenvalue weighted by atomic mass is 16.7. The molecule has 0 radical (unpaired) electrons. The van der Waals surface area contributed by atoms with Gasteiger partial charge in [-0.2, -0.15) is 0 Å². The van der Waals surface area contributed by atoms with Gasteiger partial charge < -0.3 is 24.5 Å². The normalized spacial score (nSPS) is 34.5. The smallest absolute Gasteiger partial charge is 0.176 e. The van der Waals surface area contributed by atoms with E-state index in [0.29, 0.717) is 13.2 Å². The van der Waals surface area contributed by atoms with Crippen molar-refractivity contribution in [3.05, 3.63) is 24.0 Å². The van der Waals surface area contributed by atoms with Crippen LogP contribution in [0.1, 0.15) is 19.5 Å². The molecule has 0 aliphatic carbocycles. The standard InChI is InChI=1S/C16H27N3O3/c1-4-19(5-2)14-15(20)13(12-10-21-16(14)22-12)17-9-11-7-6-8-18(11)3/h6-8,12-17,20H,4-5,9-10H2,1-3H3. The molecule has 3 heterocycles. The Bertz CT molecular complexity index is 487. The maximum atomic E-state index is 10.9. The summed E-state index contributed by atoms with van der Waals surface area (Å²) in [5, 5.41) is 14.3. The van der Waals surface area contributed by atoms with Crippen LogP contribution in [0.3, 0.4) is 0 Å². The van der Waals surface area contributed by atoms with Gasteiger partial charge in [0.2, 0.25) is 0 Å². The van der Waals surface area contributed by atoms with Crippen molar-refractivity contribution in [2.45, 2.75) is 51.0 Å². The van der Waals surface area contributed by atoms with Crippen molar-refractivity contribution in [1.82, 2.24) is 14.8 Å². The number of nitrogens with zero attached hydrogens (tertiary/aromatic N) is 2. The SMILES string of the molecule is CCN(CC)C1C2OCC(O2)C(NCc2cccn2C)C1O. The van der Waals surface area contributed by atoms with E-state index in [9.17, 15) is 5.11 Å². The molecule has 2 fully saturated rings. The monoisotopic (exact) mass is 309 g/mol. The number of nitrogens with one attached hydrogen (secondary N) is 1. The van der Waals surface area contributed by atoms with E-state index >= 15 is 0 Å². The lowest BCUT2D eigenvalue weighted by molar-refractivity contribution is -0.181. The summed E-state index contributed by atoms with van der Waals surface area (Å²) >= 11 is 0. The third-order valence-corrected chi connectivity index (χ3v) is 4.94. The maximum absolute atomic E-state index is 10.9. The number of hydrogen-bond donors (Lipinski definition) is 2. The van der Waals surface area contributed by atoms with Gasteiger partial charge in [0, 0.05) is 25.5 Å². The number of aryl methyl sites for hydroxylation is 1. The summed E-state index contributed by atoms with van der Waals surface area (Å²) in [6.07, 6.45) is 1.14. The van der Waals surface area contributed by atoms with E-state index in [2.05, 4.69) is 34.7 Å². The minimum absolute atomic E-state index is 0.0768. The quantitative estimate of drug-likeness (QED) is 0.792. The van der Waals surface area contributed by atoms with Crippen molar-refractivity contribution in [2.24, 2.45) is 7.05 Å². The highest BCUT2D eigenvalue weighted by Gasteiger charge is 2.51. The van der Waals surface area contributed by atoms with Crippen LogP contribution in [0.2, 0.25) is 0 Å². The number of fused-ring (bicyclic) bond motifs is 2. The second-order valence-electron chi connectivity index (χ2n) is 6.10. The molecule has 1 aromatic rings. The fraction of sp³-hybridized carbons (Fsp3) is 0.750. The van der Waals surface area contributed by atoms with Crippen molar-refractivity contribution in [3.8, 4) is 0 Å². The van der Waals surface area contributed by atoms with Crippen LogP contribution in [0.4, 0.5) is 0 Å². The zero-order chi connectivity index (χ0) is 15.7. The van der Waals surface area contributed by atoms with Crippen LogP contribution >= 0.6 is 0 Å². The van der Waals surface area contributed by atoms with E-state index in [1.807, 2.05) is 19.3 Å². The van der Waals surface area contributed by atoms with E-state index in [-0.39, 0.29) is 24.5 Å². The van der Waals surface area contributed by atoms with Gasteiger partial charge in [-0.15, -0.1) is 0 Å². The van der Waals surface area contributed by atoms with E-state index in [1.165, 1.54) is 5.69 Å². The molecular formula is C16H27N3O3. The van der Waals surface area contributed by atoms with Crippen molar-refractivity contribution < 1.29 is 14.6 Å². The molecule has 0 amide bonds. The van der Waals surface area contributed by atoms with Gasteiger partial charge in [-0.1, -0.05) is 13.8 Å². The molecule has 22 heavy (non-hydrogen) atoms. The summed E-state index contributed by atoms with van der Waals surface area (Å²) in [4.78, 5) is 2.22. The first-order valence-electron chi connectivity index (χ1n) is 8.18. The topological polar surface area (TPSA) is 58.9 Å². The summed E-state index contributed by atoms with van der Waals surface area (Å²) in [5.74, 6) is 0. The molecule has 6 nitrogen and oxygen atoms in total. The van der Waals surface area contributed by atoms with Crippen LogP contribution in [0, 0.1) is 0 Å². The van der Waals surface area contributed by atoms with Gasteiger partial charge in [-0.25, -0.2) is 0 Å². The molecular weight excluding hydrogens is 282 g/mol. The predicted octanol–water partition coefficient (Wildman–Crippen LogP) is 0.310. The molecule has 2 bridgehead atoms. The van der Waals surface area contributed by atoms with Crippen LogP contribution in [0.25, 0.3) is 0 Å². The number of likely N-dealkylation sites (N-methyl/N-ethyl adjacent to an activating group) is 1. The Kier molecular flexibility index (Phi) is 4.84. The highest BCUT2D eigenvalue weighted by molar-refractivity contribution is 5.08. The third-order valence-electron chi connectivity index (χ3n) is 4.94. The Hall–Kier alpha value is -0.920. The van der Waals surface area contributed by atoms with Crippen LogP contribution in [-0.2, 0) is 23.1 Å². The van der Waals surface area contributed by atoms with Crippen LogP contribution < -0.4 is 5.32 Å². The number of aromatic nitrogens is 1. The van der Waals surface area contributed by atoms with Crippen LogP contribution in [0.15, 0.2) is 18.3 Å². The molecule has 2 N–H and O–H groups in total. The number of rotatable bonds is 6. The van der Waals surface area contributed by atoms with E-state index in [0.717, 1.165) is 13.1 Å². The molecule has 124 valence electrons. The van der Waals surface area contributed by atoms with E-state index in [1.54, 1.807) is 0 Å². The van der Waals surface area contributed by atoms with Gasteiger partial charge in [0.15, 0.2) is 6.29 Å². The molecule has 6 heteroatoms. The number of aliphatic hydroxyl groups excluding tert-OH is 1. The van der Waals surface area contributed by atoms with Crippen LogP contribution in [0.5, 0.6) is 0 Å². The lowest BCUT2D eigenvalue weighted by Gasteiger charge is -2.43. The second-order valence-corrected chi connectivity index (χ2v) is 6.10. The summed E-state index contributed by atoms with van der Waals surface area (Å²) in [5.41, 5.74) is 1.19. The van der Waals surface area contributed by atoms with Crippen LogP contribution in [-0.4, -0.2) is 64.9 Å². The fourth-order valence-electron chi connectivity index (χ4n) is 3.59. The van der Waals surface area contributed by atoms with Crippen molar-refractivity contribution in [2.75, 3.05) is 19.7 Å². The summed E-state index contributed by atoms with van der Waals surface area (Å²) in [6.45, 7) is 7.20. The van der Waals surface area contributed by atoms with Gasteiger partial charge in [0.1, 0.15) is 6.10 Å². The summed E-state index contributed by atoms with van der Waals surface area (Å²) < 4.78 is 13.8. The van der Waals surface area contributed by atoms with E-state index < -0.39 is 6.10 Å². The maximum Gasteiger partial charge on any atom is 0.176 e. The lowest BCUT2D eigenvalue weighted by Crippen LogP contribution is -2.64. The molecule has 2 aliphatic rings. The second kappa shape index (κ2) is 6.68. The van der Waals surface area contributed by atoms with Crippen molar-refractivity contribution in [3.63, 3.8) is 0 Å². The molecule has 0 spiro atoms. The molecule has 0 saturated carbocycles. The molecule has 3 rings (SSSR count). The molecule has 2 aliphatic heterocycles.